The summed E-state index contributed by atoms with van der Waals surface area (Å²) in [4.78, 5) is 32.7. The summed E-state index contributed by atoms with van der Waals surface area (Å²) in [5.74, 6) is -1.10. The molecule has 0 unspecified atom stereocenters. The maximum Gasteiger partial charge on any atom is 0.266 e. The molecule has 0 atom stereocenters. The van der Waals surface area contributed by atoms with Crippen molar-refractivity contribution in [2.24, 2.45) is 0 Å². The maximum atomic E-state index is 14.6. The molecule has 1 saturated carbocycles. The van der Waals surface area contributed by atoms with Crippen LogP contribution in [-0.2, 0) is 11.3 Å². The van der Waals surface area contributed by atoms with Crippen LogP contribution in [0.15, 0.2) is 82.7 Å². The summed E-state index contributed by atoms with van der Waals surface area (Å²) in [6.45, 7) is 0.183. The molecule has 0 bridgehead atoms. The van der Waals surface area contributed by atoms with Crippen LogP contribution in [0.1, 0.15) is 18.4 Å². The van der Waals surface area contributed by atoms with Gasteiger partial charge in [0.05, 0.1) is 22.3 Å². The van der Waals surface area contributed by atoms with Crippen LogP contribution in [0.2, 0.25) is 0 Å². The van der Waals surface area contributed by atoms with E-state index >= 15 is 0 Å². The Hall–Kier alpha value is -3.52. The van der Waals surface area contributed by atoms with Crippen LogP contribution in [-0.4, -0.2) is 32.2 Å². The van der Waals surface area contributed by atoms with E-state index in [0.29, 0.717) is 16.5 Å². The number of fused-ring (bicyclic) bond motifs is 1. The number of benzene rings is 3. The summed E-state index contributed by atoms with van der Waals surface area (Å²) in [6, 6.07) is 19.3. The molecule has 1 aromatic heterocycles. The summed E-state index contributed by atoms with van der Waals surface area (Å²) >= 11 is 1.08. The Balaban J connectivity index is 1.47. The van der Waals surface area contributed by atoms with Gasteiger partial charge in [-0.15, -0.1) is 0 Å². The van der Waals surface area contributed by atoms with E-state index in [1.54, 1.807) is 59.5 Å². The van der Waals surface area contributed by atoms with E-state index in [1.807, 2.05) is 0 Å². The maximum absolute atomic E-state index is 14.6. The van der Waals surface area contributed by atoms with Crippen molar-refractivity contribution in [3.63, 3.8) is 0 Å². The molecule has 0 spiro atoms. The molecule has 1 amide bonds. The second-order valence-electron chi connectivity index (χ2n) is 8.14. The fourth-order valence-electron chi connectivity index (χ4n) is 3.88. The predicted octanol–water partition coefficient (Wildman–Crippen LogP) is 4.95. The lowest BCUT2D eigenvalue weighted by Crippen LogP contribution is -2.34. The highest BCUT2D eigenvalue weighted by molar-refractivity contribution is 7.99. The van der Waals surface area contributed by atoms with Gasteiger partial charge in [0.15, 0.2) is 5.16 Å². The van der Waals surface area contributed by atoms with E-state index in [9.17, 15) is 18.4 Å². The van der Waals surface area contributed by atoms with Crippen molar-refractivity contribution in [3.8, 4) is 5.69 Å². The molecule has 5 rings (SSSR count). The molecule has 4 aromatic rings. The molecule has 5 nitrogen and oxygen atoms in total. The van der Waals surface area contributed by atoms with Gasteiger partial charge in [0.2, 0.25) is 5.91 Å². The van der Waals surface area contributed by atoms with Gasteiger partial charge in [0, 0.05) is 18.2 Å². The van der Waals surface area contributed by atoms with Crippen molar-refractivity contribution in [2.45, 2.75) is 30.6 Å². The number of carbonyl (C=O) groups excluding carboxylic acids is 1. The van der Waals surface area contributed by atoms with E-state index in [1.165, 1.54) is 22.8 Å². The van der Waals surface area contributed by atoms with Gasteiger partial charge in [-0.1, -0.05) is 54.2 Å². The fourth-order valence-corrected chi connectivity index (χ4v) is 4.77. The van der Waals surface area contributed by atoms with E-state index in [-0.39, 0.29) is 40.9 Å². The molecule has 8 heteroatoms. The molecule has 172 valence electrons. The van der Waals surface area contributed by atoms with Gasteiger partial charge in [0.25, 0.3) is 5.56 Å². The highest BCUT2D eigenvalue weighted by atomic mass is 32.2. The summed E-state index contributed by atoms with van der Waals surface area (Å²) in [7, 11) is 0. The first-order valence-electron chi connectivity index (χ1n) is 11.0. The molecule has 0 N–H and O–H groups in total. The molecule has 1 fully saturated rings. The van der Waals surface area contributed by atoms with Crippen LogP contribution >= 0.6 is 11.8 Å². The van der Waals surface area contributed by atoms with E-state index < -0.39 is 11.4 Å². The third-order valence-electron chi connectivity index (χ3n) is 5.77. The molecular formula is C26H21F2N3O2S. The van der Waals surface area contributed by atoms with Crippen molar-refractivity contribution < 1.29 is 13.6 Å². The van der Waals surface area contributed by atoms with E-state index in [2.05, 4.69) is 4.98 Å². The Bertz CT molecular complexity index is 1440. The van der Waals surface area contributed by atoms with Crippen molar-refractivity contribution >= 4 is 28.6 Å². The summed E-state index contributed by atoms with van der Waals surface area (Å²) in [5.41, 5.74) is 0.599. The lowest BCUT2D eigenvalue weighted by Gasteiger charge is -2.23. The smallest absolute Gasteiger partial charge is 0.266 e. The standard InChI is InChI=1S/C26H21F2N3O2S/c27-20-9-3-1-7-17(20)15-30(18-13-14-18)24(32)16-34-26-29-22-11-5-2-8-19(22)25(33)31(26)23-12-6-4-10-21(23)28/h1-12,18H,13-16H2. The van der Waals surface area contributed by atoms with Gasteiger partial charge < -0.3 is 4.90 Å². The molecule has 1 aliphatic rings. The number of halogens is 2. The molecule has 0 saturated heterocycles. The average Bonchev–Trinajstić information content (AvgIpc) is 3.68. The van der Waals surface area contributed by atoms with E-state index in [0.717, 1.165) is 24.6 Å². The van der Waals surface area contributed by atoms with Crippen molar-refractivity contribution in [1.29, 1.82) is 0 Å². The third kappa shape index (κ3) is 4.46. The molecular weight excluding hydrogens is 456 g/mol. The van der Waals surface area contributed by atoms with Gasteiger partial charge in [0.1, 0.15) is 11.6 Å². The monoisotopic (exact) mass is 477 g/mol. The Morgan fingerprint density at radius 1 is 0.971 bits per heavy atom. The second-order valence-corrected chi connectivity index (χ2v) is 9.08. The van der Waals surface area contributed by atoms with Crippen LogP contribution in [0.25, 0.3) is 16.6 Å². The van der Waals surface area contributed by atoms with Crippen LogP contribution < -0.4 is 5.56 Å². The first-order valence-corrected chi connectivity index (χ1v) is 11.9. The topological polar surface area (TPSA) is 55.2 Å². The van der Waals surface area contributed by atoms with Crippen LogP contribution in [0.3, 0.4) is 0 Å². The Labute approximate surface area is 199 Å². The Kier molecular flexibility index (Phi) is 6.15. The lowest BCUT2D eigenvalue weighted by atomic mass is 10.2. The number of amides is 1. The van der Waals surface area contributed by atoms with Crippen molar-refractivity contribution in [3.05, 3.63) is 100 Å². The van der Waals surface area contributed by atoms with Gasteiger partial charge in [-0.05, 0) is 43.2 Å². The van der Waals surface area contributed by atoms with Crippen LogP contribution in [0, 0.1) is 11.6 Å². The first-order chi connectivity index (χ1) is 16.5. The van der Waals surface area contributed by atoms with Gasteiger partial charge in [-0.25, -0.2) is 13.8 Å². The Morgan fingerprint density at radius 3 is 2.38 bits per heavy atom. The van der Waals surface area contributed by atoms with Crippen molar-refractivity contribution in [1.82, 2.24) is 14.5 Å². The van der Waals surface area contributed by atoms with Crippen LogP contribution in [0.5, 0.6) is 0 Å². The van der Waals surface area contributed by atoms with Gasteiger partial charge >= 0.3 is 0 Å². The zero-order valence-electron chi connectivity index (χ0n) is 18.2. The molecule has 1 heterocycles. The molecule has 3 aromatic carbocycles. The normalized spacial score (nSPS) is 13.2. The number of thioether (sulfide) groups is 1. The highest BCUT2D eigenvalue weighted by Crippen LogP contribution is 2.30. The predicted molar refractivity (Wildman–Crippen MR) is 128 cm³/mol. The number of aromatic nitrogens is 2. The number of para-hydroxylation sites is 2. The summed E-state index contributed by atoms with van der Waals surface area (Å²) in [6.07, 6.45) is 1.75. The SMILES string of the molecule is O=C(CSc1nc2ccccc2c(=O)n1-c1ccccc1F)N(Cc1ccccc1F)C1CC1. The molecule has 1 aliphatic carbocycles. The number of hydrogen-bond acceptors (Lipinski definition) is 4. The van der Waals surface area contributed by atoms with Gasteiger partial charge in [-0.3, -0.25) is 14.2 Å². The number of rotatable bonds is 7. The minimum Gasteiger partial charge on any atom is -0.335 e. The van der Waals surface area contributed by atoms with Crippen molar-refractivity contribution in [2.75, 3.05) is 5.75 Å². The minimum absolute atomic E-state index is 0.00974. The number of carbonyl (C=O) groups is 1. The zero-order valence-corrected chi connectivity index (χ0v) is 19.0. The Morgan fingerprint density at radius 2 is 1.65 bits per heavy atom. The highest BCUT2D eigenvalue weighted by Gasteiger charge is 2.33. The van der Waals surface area contributed by atoms with E-state index in [4.69, 9.17) is 0 Å². The zero-order chi connectivity index (χ0) is 23.7. The summed E-state index contributed by atoms with van der Waals surface area (Å²) < 4.78 is 30.1. The second kappa shape index (κ2) is 9.38. The van der Waals surface area contributed by atoms with Gasteiger partial charge in [-0.2, -0.15) is 0 Å². The third-order valence-corrected chi connectivity index (χ3v) is 6.69. The largest absolute Gasteiger partial charge is 0.335 e. The molecule has 0 radical (unpaired) electrons. The first kappa shape index (κ1) is 22.3. The number of hydrogen-bond donors (Lipinski definition) is 0. The quantitative estimate of drug-likeness (QED) is 0.279. The molecule has 34 heavy (non-hydrogen) atoms. The minimum atomic E-state index is -0.561. The molecule has 0 aliphatic heterocycles. The summed E-state index contributed by atoms with van der Waals surface area (Å²) in [5, 5.41) is 0.587. The lowest BCUT2D eigenvalue weighted by molar-refractivity contribution is -0.129. The number of nitrogens with zero attached hydrogens (tertiary/aromatic N) is 3. The average molecular weight is 478 g/mol. The van der Waals surface area contributed by atoms with Crippen LogP contribution in [0.4, 0.5) is 8.78 Å². The fraction of sp³-hybridized carbons (Fsp3) is 0.192.